The van der Waals surface area contributed by atoms with Crippen molar-refractivity contribution >= 4 is 23.2 Å². The highest BCUT2D eigenvalue weighted by Crippen LogP contribution is 2.50. The zero-order valence-electron chi connectivity index (χ0n) is 12.8. The van der Waals surface area contributed by atoms with Crippen molar-refractivity contribution < 1.29 is 4.79 Å². The average Bonchev–Trinajstić information content (AvgIpc) is 2.97. The first kappa shape index (κ1) is 14.3. The minimum atomic E-state index is 0.0543. The van der Waals surface area contributed by atoms with Crippen LogP contribution in [-0.4, -0.2) is 20.7 Å². The molecule has 3 rings (SSSR count). The third-order valence-corrected chi connectivity index (χ3v) is 5.05. The standard InChI is InChI=1S/C15H20N4OS/c1-8(2)13-16-15(19(4)18-13)17-14(20)11-7-10(11)12-9(3)5-6-21-12/h5-6,8,10-11H,7H2,1-4H3,(H,16,17,18,20)/t10-,11-/m1/s1. The van der Waals surface area contributed by atoms with Crippen LogP contribution in [0.25, 0.3) is 0 Å². The average molecular weight is 304 g/mol. The predicted molar refractivity (Wildman–Crippen MR) is 83.6 cm³/mol. The van der Waals surface area contributed by atoms with Crippen molar-refractivity contribution in [2.24, 2.45) is 13.0 Å². The number of hydrogen-bond donors (Lipinski definition) is 1. The third kappa shape index (κ3) is 2.72. The number of anilines is 1. The fourth-order valence-electron chi connectivity index (χ4n) is 2.50. The van der Waals surface area contributed by atoms with Crippen molar-refractivity contribution in [3.8, 4) is 0 Å². The van der Waals surface area contributed by atoms with Crippen molar-refractivity contribution in [3.63, 3.8) is 0 Å². The van der Waals surface area contributed by atoms with Crippen LogP contribution in [0.15, 0.2) is 11.4 Å². The molecule has 0 unspecified atom stereocenters. The number of rotatable bonds is 4. The maximum atomic E-state index is 12.3. The van der Waals surface area contributed by atoms with Gasteiger partial charge in [0.25, 0.3) is 0 Å². The van der Waals surface area contributed by atoms with E-state index in [9.17, 15) is 4.79 Å². The van der Waals surface area contributed by atoms with Gasteiger partial charge in [0.05, 0.1) is 0 Å². The molecule has 0 bridgehead atoms. The molecule has 0 aromatic carbocycles. The molecular formula is C15H20N4OS. The molecule has 1 aliphatic carbocycles. The van der Waals surface area contributed by atoms with Crippen molar-refractivity contribution in [3.05, 3.63) is 27.7 Å². The summed E-state index contributed by atoms with van der Waals surface area (Å²) in [6.07, 6.45) is 0.933. The molecule has 112 valence electrons. The third-order valence-electron chi connectivity index (χ3n) is 3.90. The summed E-state index contributed by atoms with van der Waals surface area (Å²) in [5.74, 6) is 2.05. The lowest BCUT2D eigenvalue weighted by Gasteiger charge is -2.03. The molecule has 2 heterocycles. The second-order valence-electron chi connectivity index (χ2n) is 5.98. The van der Waals surface area contributed by atoms with Crippen LogP contribution < -0.4 is 5.32 Å². The van der Waals surface area contributed by atoms with Crippen molar-refractivity contribution in [1.82, 2.24) is 14.8 Å². The van der Waals surface area contributed by atoms with Gasteiger partial charge in [-0.1, -0.05) is 13.8 Å². The summed E-state index contributed by atoms with van der Waals surface area (Å²) in [5.41, 5.74) is 1.29. The van der Waals surface area contributed by atoms with Gasteiger partial charge in [-0.2, -0.15) is 10.1 Å². The molecular weight excluding hydrogens is 284 g/mol. The molecule has 0 saturated heterocycles. The summed E-state index contributed by atoms with van der Waals surface area (Å²) in [7, 11) is 1.81. The number of carbonyl (C=O) groups excluding carboxylic acids is 1. The van der Waals surface area contributed by atoms with E-state index < -0.39 is 0 Å². The van der Waals surface area contributed by atoms with Crippen LogP contribution >= 0.6 is 11.3 Å². The summed E-state index contributed by atoms with van der Waals surface area (Å²) < 4.78 is 1.64. The van der Waals surface area contributed by atoms with E-state index in [-0.39, 0.29) is 17.7 Å². The van der Waals surface area contributed by atoms with Gasteiger partial charge in [-0.05, 0) is 30.4 Å². The number of nitrogens with one attached hydrogen (secondary N) is 1. The van der Waals surface area contributed by atoms with E-state index in [1.807, 2.05) is 20.9 Å². The Kier molecular flexibility index (Phi) is 3.57. The second-order valence-corrected chi connectivity index (χ2v) is 6.93. The van der Waals surface area contributed by atoms with Crippen molar-refractivity contribution in [1.29, 1.82) is 0 Å². The minimum absolute atomic E-state index is 0.0543. The number of thiophene rings is 1. The number of hydrogen-bond acceptors (Lipinski definition) is 4. The first-order chi connectivity index (χ1) is 9.97. The van der Waals surface area contributed by atoms with Crippen molar-refractivity contribution in [2.45, 2.75) is 39.0 Å². The number of amides is 1. The molecule has 6 heteroatoms. The van der Waals surface area contributed by atoms with Crippen LogP contribution in [0.3, 0.4) is 0 Å². The van der Waals surface area contributed by atoms with Crippen LogP contribution in [0.2, 0.25) is 0 Å². The molecule has 2 aromatic rings. The molecule has 1 amide bonds. The highest BCUT2D eigenvalue weighted by molar-refractivity contribution is 7.10. The van der Waals surface area contributed by atoms with Gasteiger partial charge in [-0.15, -0.1) is 11.3 Å². The van der Waals surface area contributed by atoms with E-state index in [1.54, 1.807) is 16.0 Å². The monoisotopic (exact) mass is 304 g/mol. The maximum absolute atomic E-state index is 12.3. The highest BCUT2D eigenvalue weighted by Gasteiger charge is 2.45. The van der Waals surface area contributed by atoms with E-state index >= 15 is 0 Å². The molecule has 21 heavy (non-hydrogen) atoms. The maximum Gasteiger partial charge on any atom is 0.230 e. The topological polar surface area (TPSA) is 59.8 Å². The van der Waals surface area contributed by atoms with Crippen LogP contribution in [-0.2, 0) is 11.8 Å². The van der Waals surface area contributed by atoms with Gasteiger partial charge in [0.1, 0.15) is 0 Å². The van der Waals surface area contributed by atoms with Gasteiger partial charge in [-0.25, -0.2) is 4.68 Å². The van der Waals surface area contributed by atoms with Crippen LogP contribution in [0.1, 0.15) is 48.4 Å². The van der Waals surface area contributed by atoms with E-state index in [0.29, 0.717) is 11.9 Å². The molecule has 5 nitrogen and oxygen atoms in total. The summed E-state index contributed by atoms with van der Waals surface area (Å²) in [5, 5.41) is 9.33. The Morgan fingerprint density at radius 1 is 1.52 bits per heavy atom. The molecule has 1 fully saturated rings. The lowest BCUT2D eigenvalue weighted by atomic mass is 10.2. The lowest BCUT2D eigenvalue weighted by Crippen LogP contribution is -2.17. The summed E-state index contributed by atoms with van der Waals surface area (Å²) in [6, 6.07) is 2.12. The quantitative estimate of drug-likeness (QED) is 0.944. The Labute approximate surface area is 128 Å². The van der Waals surface area contributed by atoms with Crippen molar-refractivity contribution in [2.75, 3.05) is 5.32 Å². The van der Waals surface area contributed by atoms with Gasteiger partial charge in [0.15, 0.2) is 5.82 Å². The molecule has 0 spiro atoms. The molecule has 2 atom stereocenters. The molecule has 0 radical (unpaired) electrons. The predicted octanol–water partition coefficient (Wildman–Crippen LogP) is 3.05. The summed E-state index contributed by atoms with van der Waals surface area (Å²) in [6.45, 7) is 6.19. The van der Waals surface area contributed by atoms with Crippen LogP contribution in [0, 0.1) is 12.8 Å². The van der Waals surface area contributed by atoms with Crippen LogP contribution in [0.4, 0.5) is 5.95 Å². The Bertz CT molecular complexity index is 673. The number of nitrogens with zero attached hydrogens (tertiary/aromatic N) is 3. The Balaban J connectivity index is 1.67. The zero-order valence-corrected chi connectivity index (χ0v) is 13.6. The van der Waals surface area contributed by atoms with Gasteiger partial charge in [0, 0.05) is 29.7 Å². The number of carbonyl (C=O) groups is 1. The smallest absolute Gasteiger partial charge is 0.230 e. The normalized spacial score (nSPS) is 20.8. The first-order valence-electron chi connectivity index (χ1n) is 7.23. The molecule has 2 aromatic heterocycles. The van der Waals surface area contributed by atoms with Gasteiger partial charge >= 0.3 is 0 Å². The minimum Gasteiger partial charge on any atom is -0.294 e. The van der Waals surface area contributed by atoms with E-state index in [4.69, 9.17) is 0 Å². The molecule has 0 aliphatic heterocycles. The van der Waals surface area contributed by atoms with Gasteiger partial charge in [-0.3, -0.25) is 10.1 Å². The van der Waals surface area contributed by atoms with E-state index in [2.05, 4.69) is 33.8 Å². The highest BCUT2D eigenvalue weighted by atomic mass is 32.1. The second kappa shape index (κ2) is 5.26. The summed E-state index contributed by atoms with van der Waals surface area (Å²) >= 11 is 1.75. The van der Waals surface area contributed by atoms with E-state index in [1.165, 1.54) is 10.4 Å². The zero-order chi connectivity index (χ0) is 15.1. The van der Waals surface area contributed by atoms with Crippen LogP contribution in [0.5, 0.6) is 0 Å². The largest absolute Gasteiger partial charge is 0.294 e. The SMILES string of the molecule is Cc1ccsc1[C@@H]1C[C@H]1C(=O)Nc1nc(C(C)C)nn1C. The fourth-order valence-corrected chi connectivity index (χ4v) is 3.61. The summed E-state index contributed by atoms with van der Waals surface area (Å²) in [4.78, 5) is 18.1. The molecule has 1 saturated carbocycles. The van der Waals surface area contributed by atoms with Gasteiger partial charge in [0.2, 0.25) is 11.9 Å². The number of aromatic nitrogens is 3. The Morgan fingerprint density at radius 2 is 2.29 bits per heavy atom. The first-order valence-corrected chi connectivity index (χ1v) is 8.11. The fraction of sp³-hybridized carbons (Fsp3) is 0.533. The van der Waals surface area contributed by atoms with Gasteiger partial charge < -0.3 is 0 Å². The molecule has 1 aliphatic rings. The van der Waals surface area contributed by atoms with E-state index in [0.717, 1.165) is 12.2 Å². The lowest BCUT2D eigenvalue weighted by molar-refractivity contribution is -0.117. The Hall–Kier alpha value is -1.69. The molecule has 1 N–H and O–H groups in total. The number of aryl methyl sites for hydroxylation is 2. The Morgan fingerprint density at radius 3 is 2.86 bits per heavy atom.